The van der Waals surface area contributed by atoms with Crippen LogP contribution in [0.1, 0.15) is 6.92 Å². The van der Waals surface area contributed by atoms with E-state index in [4.69, 9.17) is 5.41 Å². The van der Waals surface area contributed by atoms with E-state index >= 15 is 0 Å². The van der Waals surface area contributed by atoms with Gasteiger partial charge in [-0.1, -0.05) is 5.47 Å². The van der Waals surface area contributed by atoms with Crippen LogP contribution in [-0.4, -0.2) is 21.1 Å². The molecule has 0 aliphatic rings. The lowest BCUT2D eigenvalue weighted by Crippen LogP contribution is -2.06. The molecule has 0 fully saturated rings. The van der Waals surface area contributed by atoms with Gasteiger partial charge >= 0.3 is 0 Å². The number of hydrogen-bond acceptors (Lipinski definition) is 2. The lowest BCUT2D eigenvalue weighted by molar-refractivity contribution is 0.989. The third kappa shape index (κ3) is 1.82. The Balaban J connectivity index is 4.03. The molecule has 0 heterocycles. The summed E-state index contributed by atoms with van der Waals surface area (Å²) >= 11 is 0. The average Bonchev–Trinajstić information content (AvgIpc) is 1.84. The average molecular weight is 110 g/mol. The second kappa shape index (κ2) is 3.30. The van der Waals surface area contributed by atoms with E-state index in [0.717, 1.165) is 11.2 Å². The summed E-state index contributed by atoms with van der Waals surface area (Å²) in [7, 11) is 3.75. The van der Waals surface area contributed by atoms with Crippen molar-refractivity contribution < 1.29 is 0 Å². The SMILES string of the molecule is B/C(C=N)=C(\C)NC. The van der Waals surface area contributed by atoms with E-state index in [2.05, 4.69) is 5.32 Å². The van der Waals surface area contributed by atoms with Gasteiger partial charge in [-0.05, 0) is 6.92 Å². The first-order valence-electron chi connectivity index (χ1n) is 2.58. The van der Waals surface area contributed by atoms with E-state index in [1.165, 1.54) is 6.21 Å². The molecule has 0 spiro atoms. The first kappa shape index (κ1) is 7.27. The molecule has 0 aliphatic heterocycles. The highest BCUT2D eigenvalue weighted by Gasteiger charge is 1.85. The molecule has 44 valence electrons. The maximum absolute atomic E-state index is 6.82. The van der Waals surface area contributed by atoms with Gasteiger partial charge in [0.1, 0.15) is 7.85 Å². The minimum atomic E-state index is 0.979. The van der Waals surface area contributed by atoms with Gasteiger partial charge in [-0.3, -0.25) is 0 Å². The second-order valence-electron chi connectivity index (χ2n) is 1.70. The van der Waals surface area contributed by atoms with Gasteiger partial charge < -0.3 is 10.7 Å². The lowest BCUT2D eigenvalue weighted by atomic mass is 9.95. The van der Waals surface area contributed by atoms with Crippen molar-refractivity contribution in [3.05, 3.63) is 11.2 Å². The van der Waals surface area contributed by atoms with Crippen LogP contribution in [0.15, 0.2) is 11.2 Å². The number of allylic oxidation sites excluding steroid dienone is 2. The summed E-state index contributed by atoms with van der Waals surface area (Å²) in [5.41, 5.74) is 2.03. The highest BCUT2D eigenvalue weighted by atomic mass is 14.8. The third-order valence-electron chi connectivity index (χ3n) is 1.18. The molecule has 3 heteroatoms. The molecule has 0 saturated heterocycles. The van der Waals surface area contributed by atoms with Crippen LogP contribution in [0.3, 0.4) is 0 Å². The quantitative estimate of drug-likeness (QED) is 0.372. The van der Waals surface area contributed by atoms with Crippen LogP contribution < -0.4 is 5.32 Å². The maximum atomic E-state index is 6.82. The normalized spacial score (nSPS) is 12.2. The predicted octanol–water partition coefficient (Wildman–Crippen LogP) is -0.280. The van der Waals surface area contributed by atoms with Crippen molar-refractivity contribution in [2.45, 2.75) is 6.92 Å². The van der Waals surface area contributed by atoms with Crippen molar-refractivity contribution in [1.82, 2.24) is 5.32 Å². The van der Waals surface area contributed by atoms with Crippen LogP contribution in [0.25, 0.3) is 0 Å². The Bertz CT molecular complexity index is 118. The molecule has 0 radical (unpaired) electrons. The largest absolute Gasteiger partial charge is 0.392 e. The molecule has 0 aliphatic carbocycles. The number of nitrogens with one attached hydrogen (secondary N) is 2. The third-order valence-corrected chi connectivity index (χ3v) is 1.18. The first-order valence-corrected chi connectivity index (χ1v) is 2.58. The fourth-order valence-corrected chi connectivity index (χ4v) is 0.305. The van der Waals surface area contributed by atoms with E-state index in [1.807, 2.05) is 21.8 Å². The van der Waals surface area contributed by atoms with E-state index in [1.54, 1.807) is 0 Å². The molecule has 0 rings (SSSR count). The minimum Gasteiger partial charge on any atom is -0.392 e. The molecule has 0 aromatic heterocycles. The Morgan fingerprint density at radius 2 is 2.25 bits per heavy atom. The van der Waals surface area contributed by atoms with E-state index in [-0.39, 0.29) is 0 Å². The monoisotopic (exact) mass is 110 g/mol. The summed E-state index contributed by atoms with van der Waals surface area (Å²) in [6.45, 7) is 1.94. The zero-order valence-corrected chi connectivity index (χ0v) is 5.58. The van der Waals surface area contributed by atoms with Gasteiger partial charge in [-0.15, -0.1) is 0 Å². The number of hydrogen-bond donors (Lipinski definition) is 2. The molecule has 0 amide bonds. The van der Waals surface area contributed by atoms with Crippen LogP contribution in [-0.2, 0) is 0 Å². The van der Waals surface area contributed by atoms with Gasteiger partial charge in [0.25, 0.3) is 0 Å². The zero-order valence-electron chi connectivity index (χ0n) is 5.58. The first-order chi connectivity index (χ1) is 3.72. The maximum Gasteiger partial charge on any atom is 0.143 e. The molecule has 0 aromatic rings. The van der Waals surface area contributed by atoms with Crippen LogP contribution in [0.5, 0.6) is 0 Å². The van der Waals surface area contributed by atoms with E-state index in [0.29, 0.717) is 0 Å². The molecule has 0 unspecified atom stereocenters. The Morgan fingerprint density at radius 1 is 1.75 bits per heavy atom. The van der Waals surface area contributed by atoms with Crippen LogP contribution in [0, 0.1) is 5.41 Å². The molecule has 0 saturated carbocycles. The fraction of sp³-hybridized carbons (Fsp3) is 0.400. The molecule has 0 atom stereocenters. The smallest absolute Gasteiger partial charge is 0.143 e. The molecule has 0 bridgehead atoms. The van der Waals surface area contributed by atoms with Crippen molar-refractivity contribution in [2.24, 2.45) is 0 Å². The molecule has 0 aromatic carbocycles. The summed E-state index contributed by atoms with van der Waals surface area (Å²) in [6, 6.07) is 0. The summed E-state index contributed by atoms with van der Waals surface area (Å²) < 4.78 is 0. The Hall–Kier alpha value is -0.725. The highest BCUT2D eigenvalue weighted by Crippen LogP contribution is 1.88. The summed E-state index contributed by atoms with van der Waals surface area (Å²) in [6.07, 6.45) is 1.34. The van der Waals surface area contributed by atoms with Gasteiger partial charge in [0.15, 0.2) is 0 Å². The Morgan fingerprint density at radius 3 is 2.38 bits per heavy atom. The van der Waals surface area contributed by atoms with Crippen molar-refractivity contribution in [3.63, 3.8) is 0 Å². The zero-order chi connectivity index (χ0) is 6.57. The lowest BCUT2D eigenvalue weighted by Gasteiger charge is -1.99. The summed E-state index contributed by atoms with van der Waals surface area (Å²) in [5, 5.41) is 9.76. The standard InChI is InChI=1S/C5H11BN2/c1-4(8-2)5(6)3-7/h3,7-8H,6H2,1-2H3/b5-4+,7-3?. The highest BCUT2D eigenvalue weighted by molar-refractivity contribution is 6.32. The fourth-order valence-electron chi connectivity index (χ4n) is 0.305. The minimum absolute atomic E-state index is 0.979. The summed E-state index contributed by atoms with van der Waals surface area (Å²) in [4.78, 5) is 0. The van der Waals surface area contributed by atoms with Gasteiger partial charge in [0.2, 0.25) is 0 Å². The van der Waals surface area contributed by atoms with Crippen molar-refractivity contribution in [2.75, 3.05) is 7.05 Å². The topological polar surface area (TPSA) is 35.9 Å². The molecule has 8 heavy (non-hydrogen) atoms. The van der Waals surface area contributed by atoms with Crippen molar-refractivity contribution in [3.8, 4) is 0 Å². The van der Waals surface area contributed by atoms with E-state index < -0.39 is 0 Å². The van der Waals surface area contributed by atoms with Crippen LogP contribution >= 0.6 is 0 Å². The molecule has 2 N–H and O–H groups in total. The number of rotatable bonds is 2. The second-order valence-corrected chi connectivity index (χ2v) is 1.70. The van der Waals surface area contributed by atoms with Gasteiger partial charge in [-0.25, -0.2) is 0 Å². The molecule has 2 nitrogen and oxygen atoms in total. The summed E-state index contributed by atoms with van der Waals surface area (Å²) in [5.74, 6) is 0. The van der Waals surface area contributed by atoms with Gasteiger partial charge in [0, 0.05) is 19.0 Å². The van der Waals surface area contributed by atoms with Crippen LogP contribution in [0.4, 0.5) is 0 Å². The van der Waals surface area contributed by atoms with Gasteiger partial charge in [0.05, 0.1) is 0 Å². The van der Waals surface area contributed by atoms with Crippen molar-refractivity contribution >= 4 is 14.1 Å². The Kier molecular flexibility index (Phi) is 3.00. The molecular formula is C5H11BN2. The van der Waals surface area contributed by atoms with E-state index in [9.17, 15) is 0 Å². The van der Waals surface area contributed by atoms with Crippen molar-refractivity contribution in [1.29, 1.82) is 5.41 Å². The van der Waals surface area contributed by atoms with Crippen LogP contribution in [0.2, 0.25) is 0 Å². The molecular weight excluding hydrogens is 98.9 g/mol. The Labute approximate surface area is 50.9 Å². The van der Waals surface area contributed by atoms with Gasteiger partial charge in [-0.2, -0.15) is 0 Å². The predicted molar refractivity (Wildman–Crippen MR) is 39.1 cm³/mol.